The van der Waals surface area contributed by atoms with Crippen molar-refractivity contribution < 1.29 is 19.6 Å². The molecule has 3 amide bonds. The highest BCUT2D eigenvalue weighted by Gasteiger charge is 2.12. The Morgan fingerprint density at radius 3 is 2.74 bits per heavy atom. The largest absolute Gasteiger partial charge is 0.381 e. The van der Waals surface area contributed by atoms with Crippen molar-refractivity contribution in [1.82, 2.24) is 5.32 Å². The molecule has 0 aliphatic rings. The zero-order chi connectivity index (χ0) is 14.4. The van der Waals surface area contributed by atoms with Crippen LogP contribution in [0.2, 0.25) is 0 Å². The maximum absolute atomic E-state index is 11.4. The van der Waals surface area contributed by atoms with Crippen molar-refractivity contribution in [3.8, 4) is 0 Å². The zero-order valence-electron chi connectivity index (χ0n) is 9.70. The first-order chi connectivity index (χ1) is 8.90. The van der Waals surface area contributed by atoms with Crippen LogP contribution >= 0.6 is 0 Å². The van der Waals surface area contributed by atoms with E-state index in [-0.39, 0.29) is 17.9 Å². The van der Waals surface area contributed by atoms with Crippen LogP contribution < -0.4 is 16.4 Å². The predicted octanol–water partition coefficient (Wildman–Crippen LogP) is -0.438. The van der Waals surface area contributed by atoms with Crippen LogP contribution in [0.4, 0.5) is 16.2 Å². The average molecular weight is 268 g/mol. The smallest absolute Gasteiger partial charge is 0.319 e. The molecule has 0 aromatic heterocycles. The minimum atomic E-state index is -1.49. The summed E-state index contributed by atoms with van der Waals surface area (Å²) in [5, 5.41) is 24.1. The maximum atomic E-state index is 11.4. The van der Waals surface area contributed by atoms with Gasteiger partial charge in [-0.05, 0) is 6.07 Å². The van der Waals surface area contributed by atoms with Crippen molar-refractivity contribution in [2.45, 2.75) is 6.10 Å². The number of benzene rings is 1. The highest BCUT2D eigenvalue weighted by Crippen LogP contribution is 2.16. The van der Waals surface area contributed by atoms with Crippen molar-refractivity contribution in [1.29, 1.82) is 0 Å². The first-order valence-electron chi connectivity index (χ1n) is 5.17. The number of anilines is 1. The highest BCUT2D eigenvalue weighted by molar-refractivity contribution is 5.90. The Hall–Kier alpha value is -2.68. The fourth-order valence-electron chi connectivity index (χ4n) is 1.16. The van der Waals surface area contributed by atoms with Crippen LogP contribution in [0.15, 0.2) is 24.3 Å². The third-order valence-electron chi connectivity index (χ3n) is 2.10. The van der Waals surface area contributed by atoms with Gasteiger partial charge in [0.2, 0.25) is 5.91 Å². The molecule has 19 heavy (non-hydrogen) atoms. The van der Waals surface area contributed by atoms with E-state index in [0.717, 1.165) is 0 Å². The van der Waals surface area contributed by atoms with E-state index in [2.05, 4.69) is 10.6 Å². The van der Waals surface area contributed by atoms with Crippen LogP contribution in [0, 0.1) is 10.1 Å². The van der Waals surface area contributed by atoms with Gasteiger partial charge in [-0.1, -0.05) is 6.07 Å². The molecule has 1 rings (SSSR count). The minimum Gasteiger partial charge on any atom is -0.381 e. The van der Waals surface area contributed by atoms with E-state index in [9.17, 15) is 19.7 Å². The zero-order valence-corrected chi connectivity index (χ0v) is 9.70. The molecule has 5 N–H and O–H groups in total. The van der Waals surface area contributed by atoms with Gasteiger partial charge in [-0.15, -0.1) is 0 Å². The van der Waals surface area contributed by atoms with Gasteiger partial charge in [-0.3, -0.25) is 14.9 Å². The third kappa shape index (κ3) is 4.60. The topological polar surface area (TPSA) is 148 Å². The molecule has 0 spiro atoms. The highest BCUT2D eigenvalue weighted by atomic mass is 16.6. The molecule has 0 aliphatic heterocycles. The number of aliphatic hydroxyl groups excluding tert-OH is 1. The van der Waals surface area contributed by atoms with E-state index in [1.54, 1.807) is 0 Å². The number of primary amides is 1. The second-order valence-corrected chi connectivity index (χ2v) is 3.56. The van der Waals surface area contributed by atoms with Crippen LogP contribution in [0.1, 0.15) is 0 Å². The van der Waals surface area contributed by atoms with Gasteiger partial charge in [0.15, 0.2) is 0 Å². The quantitative estimate of drug-likeness (QED) is 0.422. The summed E-state index contributed by atoms with van der Waals surface area (Å²) < 4.78 is 0. The second kappa shape index (κ2) is 6.31. The summed E-state index contributed by atoms with van der Waals surface area (Å²) in [5.41, 5.74) is 4.83. The molecule has 0 radical (unpaired) electrons. The number of carbonyl (C=O) groups excluding carboxylic acids is 2. The summed E-state index contributed by atoms with van der Waals surface area (Å²) >= 11 is 0. The number of hydrogen-bond acceptors (Lipinski definition) is 5. The van der Waals surface area contributed by atoms with Crippen molar-refractivity contribution in [2.24, 2.45) is 5.73 Å². The van der Waals surface area contributed by atoms with Crippen LogP contribution in [0.5, 0.6) is 0 Å². The molecule has 0 bridgehead atoms. The van der Waals surface area contributed by atoms with Crippen LogP contribution in [-0.4, -0.2) is 34.6 Å². The maximum Gasteiger partial charge on any atom is 0.319 e. The number of nitro groups is 1. The second-order valence-electron chi connectivity index (χ2n) is 3.56. The first-order valence-corrected chi connectivity index (χ1v) is 5.17. The molecule has 1 unspecified atom stereocenters. The summed E-state index contributed by atoms with van der Waals surface area (Å²) in [6, 6.07) is 4.59. The van der Waals surface area contributed by atoms with Gasteiger partial charge in [0, 0.05) is 17.8 Å². The lowest BCUT2D eigenvalue weighted by molar-refractivity contribution is -0.384. The predicted molar refractivity (Wildman–Crippen MR) is 65.3 cm³/mol. The SMILES string of the molecule is NC(=O)C(O)CNC(=O)Nc1cccc([N+](=O)[O-])c1. The van der Waals surface area contributed by atoms with Crippen molar-refractivity contribution in [3.05, 3.63) is 34.4 Å². The Morgan fingerprint density at radius 1 is 1.47 bits per heavy atom. The van der Waals surface area contributed by atoms with E-state index >= 15 is 0 Å². The number of nitrogens with zero attached hydrogens (tertiary/aromatic N) is 1. The van der Waals surface area contributed by atoms with E-state index in [1.165, 1.54) is 24.3 Å². The molecule has 0 saturated heterocycles. The fraction of sp³-hybridized carbons (Fsp3) is 0.200. The molecule has 0 aliphatic carbocycles. The molecular formula is C10H12N4O5. The number of amides is 3. The fourth-order valence-corrected chi connectivity index (χ4v) is 1.16. The Morgan fingerprint density at radius 2 is 2.16 bits per heavy atom. The van der Waals surface area contributed by atoms with Gasteiger partial charge in [0.25, 0.3) is 5.69 Å². The minimum absolute atomic E-state index is 0.171. The average Bonchev–Trinajstić information content (AvgIpc) is 2.36. The molecule has 9 heteroatoms. The normalized spacial score (nSPS) is 11.4. The number of rotatable bonds is 5. The molecule has 1 aromatic carbocycles. The van der Waals surface area contributed by atoms with Gasteiger partial charge in [0.05, 0.1) is 11.5 Å². The molecular weight excluding hydrogens is 256 g/mol. The Labute approximate surface area is 107 Å². The summed E-state index contributed by atoms with van der Waals surface area (Å²) in [4.78, 5) is 31.8. The number of nitrogens with one attached hydrogen (secondary N) is 2. The number of carbonyl (C=O) groups is 2. The van der Waals surface area contributed by atoms with Crippen molar-refractivity contribution in [2.75, 3.05) is 11.9 Å². The number of hydrogen-bond donors (Lipinski definition) is 4. The molecule has 0 saturated carbocycles. The summed E-state index contributed by atoms with van der Waals surface area (Å²) in [7, 11) is 0. The van der Waals surface area contributed by atoms with Crippen LogP contribution in [0.3, 0.4) is 0 Å². The van der Waals surface area contributed by atoms with Crippen LogP contribution in [-0.2, 0) is 4.79 Å². The van der Waals surface area contributed by atoms with E-state index in [0.29, 0.717) is 0 Å². The van der Waals surface area contributed by atoms with Gasteiger partial charge in [-0.2, -0.15) is 0 Å². The monoisotopic (exact) mass is 268 g/mol. The third-order valence-corrected chi connectivity index (χ3v) is 2.10. The van der Waals surface area contributed by atoms with Crippen molar-refractivity contribution in [3.63, 3.8) is 0 Å². The summed E-state index contributed by atoms with van der Waals surface area (Å²) in [5.74, 6) is -0.962. The molecule has 102 valence electrons. The number of urea groups is 1. The lowest BCUT2D eigenvalue weighted by atomic mass is 10.3. The molecule has 1 atom stereocenters. The number of nitro benzene ring substituents is 1. The van der Waals surface area contributed by atoms with E-state index in [1.807, 2.05) is 0 Å². The molecule has 1 aromatic rings. The summed E-state index contributed by atoms with van der Waals surface area (Å²) in [6.45, 7) is -0.351. The summed E-state index contributed by atoms with van der Waals surface area (Å²) in [6.07, 6.45) is -1.49. The standard InChI is InChI=1S/C10H12N4O5/c11-9(16)8(15)5-12-10(17)13-6-2-1-3-7(4-6)14(18)19/h1-4,8,15H,5H2,(H2,11,16)(H2,12,13,17). The van der Waals surface area contributed by atoms with Crippen molar-refractivity contribution >= 4 is 23.3 Å². The number of non-ortho nitro benzene ring substituents is 1. The number of aliphatic hydroxyl groups is 1. The van der Waals surface area contributed by atoms with Gasteiger partial charge in [0.1, 0.15) is 6.10 Å². The molecule has 0 heterocycles. The molecule has 0 fully saturated rings. The van der Waals surface area contributed by atoms with Gasteiger partial charge >= 0.3 is 6.03 Å². The van der Waals surface area contributed by atoms with E-state index < -0.39 is 23.0 Å². The Kier molecular flexibility index (Phi) is 4.77. The van der Waals surface area contributed by atoms with E-state index in [4.69, 9.17) is 10.8 Å². The molecule has 9 nitrogen and oxygen atoms in total. The lowest BCUT2D eigenvalue weighted by Crippen LogP contribution is -2.41. The van der Waals surface area contributed by atoms with Crippen LogP contribution in [0.25, 0.3) is 0 Å². The van der Waals surface area contributed by atoms with Gasteiger partial charge < -0.3 is 21.5 Å². The lowest BCUT2D eigenvalue weighted by Gasteiger charge is -2.09. The number of nitrogens with two attached hydrogens (primary N) is 1. The Balaban J connectivity index is 2.55. The van der Waals surface area contributed by atoms with Gasteiger partial charge in [-0.25, -0.2) is 4.79 Å². The first kappa shape index (κ1) is 14.4. The Bertz CT molecular complexity index is 504.